The van der Waals surface area contributed by atoms with Crippen molar-refractivity contribution >= 4 is 23.2 Å². The largest absolute Gasteiger partial charge is 0.326 e. The number of rotatable bonds is 2. The summed E-state index contributed by atoms with van der Waals surface area (Å²) >= 11 is 0. The number of aryl methyl sites for hydroxylation is 1. The summed E-state index contributed by atoms with van der Waals surface area (Å²) < 4.78 is 0. The van der Waals surface area contributed by atoms with Crippen LogP contribution in [0.15, 0.2) is 18.2 Å². The van der Waals surface area contributed by atoms with Gasteiger partial charge in [-0.1, -0.05) is 12.5 Å². The van der Waals surface area contributed by atoms with Crippen molar-refractivity contribution in [1.82, 2.24) is 5.32 Å². The molecule has 5 nitrogen and oxygen atoms in total. The first-order chi connectivity index (χ1) is 9.72. The molecule has 0 aliphatic carbocycles. The third-order valence-electron chi connectivity index (χ3n) is 3.90. The lowest BCUT2D eigenvalue weighted by molar-refractivity contribution is -0.118. The van der Waals surface area contributed by atoms with Gasteiger partial charge in [0, 0.05) is 17.8 Å². The van der Waals surface area contributed by atoms with Gasteiger partial charge in [-0.3, -0.25) is 9.59 Å². The van der Waals surface area contributed by atoms with Gasteiger partial charge in [-0.25, -0.2) is 0 Å². The Kier molecular flexibility index (Phi) is 3.69. The summed E-state index contributed by atoms with van der Waals surface area (Å²) in [5.41, 5.74) is 2.68. The molecule has 106 valence electrons. The number of anilines is 2. The van der Waals surface area contributed by atoms with E-state index in [1.807, 2.05) is 18.2 Å². The molecule has 2 heterocycles. The van der Waals surface area contributed by atoms with Crippen LogP contribution in [0.1, 0.15) is 31.2 Å². The van der Waals surface area contributed by atoms with Gasteiger partial charge in [-0.2, -0.15) is 0 Å². The Bertz CT molecular complexity index is 536. The molecule has 1 atom stereocenters. The summed E-state index contributed by atoms with van der Waals surface area (Å²) in [6.07, 6.45) is 4.40. The molecule has 1 aromatic rings. The summed E-state index contributed by atoms with van der Waals surface area (Å²) in [7, 11) is 0. The molecule has 0 aromatic heterocycles. The first-order valence-corrected chi connectivity index (χ1v) is 7.19. The maximum Gasteiger partial charge on any atom is 0.241 e. The molecule has 2 aliphatic rings. The number of carbonyl (C=O) groups is 2. The maximum absolute atomic E-state index is 12.1. The van der Waals surface area contributed by atoms with E-state index < -0.39 is 0 Å². The molecule has 1 saturated heterocycles. The van der Waals surface area contributed by atoms with Crippen molar-refractivity contribution in [3.8, 4) is 0 Å². The van der Waals surface area contributed by atoms with E-state index in [2.05, 4.69) is 16.0 Å². The molecule has 0 spiro atoms. The Balaban J connectivity index is 1.69. The van der Waals surface area contributed by atoms with Crippen LogP contribution < -0.4 is 16.0 Å². The zero-order valence-electron chi connectivity index (χ0n) is 11.4. The second kappa shape index (κ2) is 5.63. The smallest absolute Gasteiger partial charge is 0.241 e. The summed E-state index contributed by atoms with van der Waals surface area (Å²) in [6, 6.07) is 5.61. The van der Waals surface area contributed by atoms with Crippen molar-refractivity contribution in [2.45, 2.75) is 38.1 Å². The minimum Gasteiger partial charge on any atom is -0.326 e. The number of hydrogen-bond acceptors (Lipinski definition) is 3. The summed E-state index contributed by atoms with van der Waals surface area (Å²) in [6.45, 7) is 0.901. The number of amides is 2. The monoisotopic (exact) mass is 273 g/mol. The fourth-order valence-electron chi connectivity index (χ4n) is 2.75. The van der Waals surface area contributed by atoms with Gasteiger partial charge >= 0.3 is 0 Å². The number of benzene rings is 1. The van der Waals surface area contributed by atoms with Crippen molar-refractivity contribution < 1.29 is 9.59 Å². The quantitative estimate of drug-likeness (QED) is 0.767. The Morgan fingerprint density at radius 2 is 2.15 bits per heavy atom. The van der Waals surface area contributed by atoms with Gasteiger partial charge in [-0.05, 0) is 43.5 Å². The van der Waals surface area contributed by atoms with Crippen molar-refractivity contribution in [2.24, 2.45) is 0 Å². The number of piperidine rings is 1. The first kappa shape index (κ1) is 13.1. The zero-order chi connectivity index (χ0) is 13.9. The molecule has 0 saturated carbocycles. The molecule has 1 aromatic carbocycles. The highest BCUT2D eigenvalue weighted by molar-refractivity contribution is 5.98. The van der Waals surface area contributed by atoms with Crippen LogP contribution in [0.25, 0.3) is 0 Å². The number of carbonyl (C=O) groups excluding carboxylic acids is 2. The van der Waals surface area contributed by atoms with Crippen LogP contribution in [-0.2, 0) is 16.0 Å². The molecule has 3 N–H and O–H groups in total. The lowest BCUT2D eigenvalue weighted by atomic mass is 10.0. The minimum absolute atomic E-state index is 0.00628. The third-order valence-corrected chi connectivity index (χ3v) is 3.90. The standard InChI is InChI=1S/C15H19N3O2/c19-14-7-5-10-4-6-11(9-13(10)18-14)17-15(20)12-3-1-2-8-16-12/h4,6,9,12,16H,1-3,5,7-8H2,(H,17,20)(H,18,19). The van der Waals surface area contributed by atoms with Gasteiger partial charge in [0.2, 0.25) is 11.8 Å². The molecule has 5 heteroatoms. The molecule has 0 radical (unpaired) electrons. The van der Waals surface area contributed by atoms with Gasteiger partial charge in [0.05, 0.1) is 6.04 Å². The highest BCUT2D eigenvalue weighted by Gasteiger charge is 2.21. The van der Waals surface area contributed by atoms with Crippen LogP contribution in [0.2, 0.25) is 0 Å². The Hall–Kier alpha value is -1.88. The molecule has 2 aliphatic heterocycles. The van der Waals surface area contributed by atoms with E-state index in [1.54, 1.807) is 0 Å². The van der Waals surface area contributed by atoms with E-state index in [-0.39, 0.29) is 17.9 Å². The van der Waals surface area contributed by atoms with Crippen LogP contribution in [0.3, 0.4) is 0 Å². The molecule has 2 amide bonds. The summed E-state index contributed by atoms with van der Waals surface area (Å²) in [4.78, 5) is 23.5. The highest BCUT2D eigenvalue weighted by atomic mass is 16.2. The predicted octanol–water partition coefficient (Wildman–Crippen LogP) is 1.65. The van der Waals surface area contributed by atoms with Crippen molar-refractivity contribution in [3.05, 3.63) is 23.8 Å². The molecule has 1 unspecified atom stereocenters. The van der Waals surface area contributed by atoms with E-state index in [0.717, 1.165) is 49.2 Å². The average molecular weight is 273 g/mol. The Labute approximate surface area is 118 Å². The van der Waals surface area contributed by atoms with Crippen LogP contribution in [0, 0.1) is 0 Å². The first-order valence-electron chi connectivity index (χ1n) is 7.19. The molecular formula is C15H19N3O2. The fraction of sp³-hybridized carbons (Fsp3) is 0.467. The van der Waals surface area contributed by atoms with Gasteiger partial charge < -0.3 is 16.0 Å². The van der Waals surface area contributed by atoms with E-state index >= 15 is 0 Å². The summed E-state index contributed by atoms with van der Waals surface area (Å²) in [5, 5.41) is 9.00. The lowest BCUT2D eigenvalue weighted by Crippen LogP contribution is -2.43. The average Bonchev–Trinajstić information content (AvgIpc) is 2.47. The summed E-state index contributed by atoms with van der Waals surface area (Å²) in [5.74, 6) is 0.0432. The van der Waals surface area contributed by atoms with Crippen molar-refractivity contribution in [1.29, 1.82) is 0 Å². The molecule has 0 bridgehead atoms. The number of fused-ring (bicyclic) bond motifs is 1. The maximum atomic E-state index is 12.1. The van der Waals surface area contributed by atoms with E-state index in [9.17, 15) is 9.59 Å². The topological polar surface area (TPSA) is 70.2 Å². The fourth-order valence-corrected chi connectivity index (χ4v) is 2.75. The van der Waals surface area contributed by atoms with Gasteiger partial charge in [0.1, 0.15) is 0 Å². The second-order valence-corrected chi connectivity index (χ2v) is 5.41. The van der Waals surface area contributed by atoms with Crippen molar-refractivity contribution in [3.63, 3.8) is 0 Å². The predicted molar refractivity (Wildman–Crippen MR) is 77.7 cm³/mol. The second-order valence-electron chi connectivity index (χ2n) is 5.41. The van der Waals surface area contributed by atoms with Gasteiger partial charge in [-0.15, -0.1) is 0 Å². The molecule has 3 rings (SSSR count). The van der Waals surface area contributed by atoms with E-state index in [0.29, 0.717) is 6.42 Å². The van der Waals surface area contributed by atoms with Gasteiger partial charge in [0.15, 0.2) is 0 Å². The minimum atomic E-state index is -0.102. The zero-order valence-corrected chi connectivity index (χ0v) is 11.4. The third kappa shape index (κ3) is 2.82. The van der Waals surface area contributed by atoms with Crippen LogP contribution >= 0.6 is 0 Å². The number of hydrogen-bond donors (Lipinski definition) is 3. The Morgan fingerprint density at radius 3 is 2.95 bits per heavy atom. The SMILES string of the molecule is O=C1CCc2ccc(NC(=O)C3CCCCN3)cc2N1. The normalized spacial score (nSPS) is 21.8. The number of nitrogens with one attached hydrogen (secondary N) is 3. The highest BCUT2D eigenvalue weighted by Crippen LogP contribution is 2.26. The lowest BCUT2D eigenvalue weighted by Gasteiger charge is -2.23. The molecule has 1 fully saturated rings. The van der Waals surface area contributed by atoms with E-state index in [4.69, 9.17) is 0 Å². The van der Waals surface area contributed by atoms with Crippen LogP contribution in [0.5, 0.6) is 0 Å². The Morgan fingerprint density at radius 1 is 1.25 bits per heavy atom. The van der Waals surface area contributed by atoms with Crippen LogP contribution in [0.4, 0.5) is 11.4 Å². The van der Waals surface area contributed by atoms with Crippen molar-refractivity contribution in [2.75, 3.05) is 17.2 Å². The van der Waals surface area contributed by atoms with Crippen LogP contribution in [-0.4, -0.2) is 24.4 Å². The van der Waals surface area contributed by atoms with Gasteiger partial charge in [0.25, 0.3) is 0 Å². The van der Waals surface area contributed by atoms with E-state index in [1.165, 1.54) is 0 Å². The molecular weight excluding hydrogens is 254 g/mol. The molecule has 20 heavy (non-hydrogen) atoms.